The maximum Gasteiger partial charge on any atom is 0.318 e. The van der Waals surface area contributed by atoms with Crippen molar-refractivity contribution in [3.05, 3.63) is 18.2 Å². The van der Waals surface area contributed by atoms with Gasteiger partial charge in [0.1, 0.15) is 5.82 Å². The van der Waals surface area contributed by atoms with Crippen LogP contribution in [0.15, 0.2) is 12.4 Å². The molecule has 23 heavy (non-hydrogen) atoms. The number of carbonyl (C=O) groups is 1. The van der Waals surface area contributed by atoms with Gasteiger partial charge in [-0.25, -0.2) is 9.78 Å². The number of imidazole rings is 1. The van der Waals surface area contributed by atoms with Gasteiger partial charge in [0.05, 0.1) is 6.04 Å². The minimum absolute atomic E-state index is 0.0671. The van der Waals surface area contributed by atoms with Crippen LogP contribution in [0.5, 0.6) is 0 Å². The van der Waals surface area contributed by atoms with E-state index in [0.29, 0.717) is 11.5 Å². The van der Waals surface area contributed by atoms with Crippen molar-refractivity contribution < 1.29 is 4.79 Å². The molecule has 3 heterocycles. The van der Waals surface area contributed by atoms with Crippen molar-refractivity contribution in [1.29, 1.82) is 0 Å². The minimum atomic E-state index is 0.0671. The molecule has 4 aliphatic rings. The standard InChI is InChI=1S/C18H26N4O/c1-11-7-15(16-19-5-6-22(11)16)20-17(23)21-9-14-12-3-4-13(8-12)18(14,2)10-21/h5-6,11-15H,3-4,7-10H2,1-2H3,(H,20,23)/t11?,12-,13+,14?,15?,18?/m1/s1. The molecule has 2 bridgehead atoms. The Balaban J connectivity index is 1.30. The van der Waals surface area contributed by atoms with E-state index < -0.39 is 0 Å². The second-order valence-electron chi connectivity index (χ2n) is 8.54. The van der Waals surface area contributed by atoms with Gasteiger partial charge in [-0.3, -0.25) is 0 Å². The van der Waals surface area contributed by atoms with Crippen LogP contribution in [-0.4, -0.2) is 33.6 Å². The molecular formula is C18H26N4O. The van der Waals surface area contributed by atoms with Gasteiger partial charge in [-0.15, -0.1) is 0 Å². The fourth-order valence-electron chi connectivity index (χ4n) is 6.19. The zero-order valence-electron chi connectivity index (χ0n) is 14.0. The molecule has 1 N–H and O–H groups in total. The molecule has 3 fully saturated rings. The van der Waals surface area contributed by atoms with Crippen LogP contribution >= 0.6 is 0 Å². The zero-order chi connectivity index (χ0) is 15.8. The van der Waals surface area contributed by atoms with Gasteiger partial charge in [0.25, 0.3) is 0 Å². The number of hydrogen-bond donors (Lipinski definition) is 1. The van der Waals surface area contributed by atoms with Gasteiger partial charge in [0.2, 0.25) is 0 Å². The fraction of sp³-hybridized carbons (Fsp3) is 0.778. The molecule has 5 heteroatoms. The summed E-state index contributed by atoms with van der Waals surface area (Å²) in [5.74, 6) is 3.46. The Labute approximate surface area is 137 Å². The van der Waals surface area contributed by atoms with Gasteiger partial charge in [0.15, 0.2) is 0 Å². The van der Waals surface area contributed by atoms with Crippen LogP contribution < -0.4 is 5.32 Å². The van der Waals surface area contributed by atoms with Crippen molar-refractivity contribution in [2.75, 3.05) is 13.1 Å². The van der Waals surface area contributed by atoms with E-state index in [1.807, 2.05) is 12.4 Å². The SMILES string of the molecule is CC1CC(NC(=O)N2CC3[C@@H]4CC[C@@H](C4)C3(C)C2)c2nccn21. The molecule has 0 aromatic carbocycles. The van der Waals surface area contributed by atoms with Gasteiger partial charge in [-0.2, -0.15) is 0 Å². The van der Waals surface area contributed by atoms with Crippen LogP contribution in [0.3, 0.4) is 0 Å². The first kappa shape index (κ1) is 13.9. The van der Waals surface area contributed by atoms with Crippen LogP contribution in [-0.2, 0) is 0 Å². The van der Waals surface area contributed by atoms with E-state index in [2.05, 4.69) is 33.6 Å². The number of rotatable bonds is 1. The zero-order valence-corrected chi connectivity index (χ0v) is 14.0. The second-order valence-corrected chi connectivity index (χ2v) is 8.54. The Bertz CT molecular complexity index is 655. The number of likely N-dealkylation sites (tertiary alicyclic amines) is 1. The first-order chi connectivity index (χ1) is 11.1. The average molecular weight is 314 g/mol. The highest BCUT2D eigenvalue weighted by molar-refractivity contribution is 5.75. The van der Waals surface area contributed by atoms with Gasteiger partial charge in [0, 0.05) is 31.5 Å². The third-order valence-electron chi connectivity index (χ3n) is 7.42. The molecular weight excluding hydrogens is 288 g/mol. The molecule has 5 rings (SSSR count). The number of hydrogen-bond acceptors (Lipinski definition) is 2. The number of amides is 2. The van der Waals surface area contributed by atoms with E-state index >= 15 is 0 Å². The molecule has 2 saturated carbocycles. The second kappa shape index (κ2) is 4.52. The number of urea groups is 1. The topological polar surface area (TPSA) is 50.2 Å². The van der Waals surface area contributed by atoms with Gasteiger partial charge >= 0.3 is 6.03 Å². The highest BCUT2D eigenvalue weighted by atomic mass is 16.2. The first-order valence-electron chi connectivity index (χ1n) is 9.14. The Morgan fingerprint density at radius 2 is 2.26 bits per heavy atom. The average Bonchev–Trinajstić information content (AvgIpc) is 3.26. The lowest BCUT2D eigenvalue weighted by molar-refractivity contribution is 0.150. The molecule has 2 amide bonds. The molecule has 0 spiro atoms. The first-order valence-corrected chi connectivity index (χ1v) is 9.14. The van der Waals surface area contributed by atoms with E-state index in [1.54, 1.807) is 0 Å². The van der Waals surface area contributed by atoms with E-state index in [9.17, 15) is 4.79 Å². The maximum atomic E-state index is 12.8. The smallest absolute Gasteiger partial charge is 0.318 e. The third-order valence-corrected chi connectivity index (χ3v) is 7.42. The van der Waals surface area contributed by atoms with Crippen molar-refractivity contribution in [2.24, 2.45) is 23.2 Å². The highest BCUT2D eigenvalue weighted by Crippen LogP contribution is 2.62. The summed E-state index contributed by atoms with van der Waals surface area (Å²) < 4.78 is 2.19. The van der Waals surface area contributed by atoms with E-state index in [1.165, 1.54) is 19.3 Å². The van der Waals surface area contributed by atoms with Crippen molar-refractivity contribution in [3.8, 4) is 0 Å². The van der Waals surface area contributed by atoms with Crippen molar-refractivity contribution in [2.45, 2.75) is 51.6 Å². The third kappa shape index (κ3) is 1.79. The summed E-state index contributed by atoms with van der Waals surface area (Å²) >= 11 is 0. The van der Waals surface area contributed by atoms with Gasteiger partial charge in [-0.05, 0) is 55.8 Å². The molecule has 1 saturated heterocycles. The number of fused-ring (bicyclic) bond motifs is 6. The van der Waals surface area contributed by atoms with Crippen LogP contribution in [0, 0.1) is 23.2 Å². The van der Waals surface area contributed by atoms with Crippen LogP contribution in [0.4, 0.5) is 4.79 Å². The van der Waals surface area contributed by atoms with Crippen LogP contribution in [0.25, 0.3) is 0 Å². The molecule has 5 nitrogen and oxygen atoms in total. The summed E-state index contributed by atoms with van der Waals surface area (Å²) in [5.41, 5.74) is 0.377. The summed E-state index contributed by atoms with van der Waals surface area (Å²) in [7, 11) is 0. The molecule has 1 aromatic heterocycles. The fourth-order valence-corrected chi connectivity index (χ4v) is 6.19. The van der Waals surface area contributed by atoms with Crippen molar-refractivity contribution in [3.63, 3.8) is 0 Å². The summed E-state index contributed by atoms with van der Waals surface area (Å²) in [5, 5.41) is 3.25. The quantitative estimate of drug-likeness (QED) is 0.866. The van der Waals surface area contributed by atoms with E-state index in [0.717, 1.165) is 43.1 Å². The predicted octanol–water partition coefficient (Wildman–Crippen LogP) is 2.97. The Hall–Kier alpha value is -1.52. The summed E-state index contributed by atoms with van der Waals surface area (Å²) in [6.07, 6.45) is 8.99. The van der Waals surface area contributed by atoms with E-state index in [4.69, 9.17) is 0 Å². The van der Waals surface area contributed by atoms with Gasteiger partial charge < -0.3 is 14.8 Å². The van der Waals surface area contributed by atoms with Crippen LogP contribution in [0.2, 0.25) is 0 Å². The minimum Gasteiger partial charge on any atom is -0.330 e. The molecule has 2 aliphatic heterocycles. The lowest BCUT2D eigenvalue weighted by atomic mass is 9.70. The lowest BCUT2D eigenvalue weighted by Gasteiger charge is -2.34. The monoisotopic (exact) mass is 314 g/mol. The molecule has 0 radical (unpaired) electrons. The lowest BCUT2D eigenvalue weighted by Crippen LogP contribution is -2.41. The number of aromatic nitrogens is 2. The summed E-state index contributed by atoms with van der Waals surface area (Å²) in [4.78, 5) is 19.4. The predicted molar refractivity (Wildman–Crippen MR) is 86.8 cm³/mol. The van der Waals surface area contributed by atoms with Crippen LogP contribution in [0.1, 0.15) is 57.4 Å². The molecule has 1 aromatic rings. The summed E-state index contributed by atoms with van der Waals surface area (Å²) in [6, 6.07) is 0.607. The largest absolute Gasteiger partial charge is 0.330 e. The van der Waals surface area contributed by atoms with Gasteiger partial charge in [-0.1, -0.05) is 6.92 Å². The molecule has 124 valence electrons. The number of carbonyl (C=O) groups excluding carboxylic acids is 1. The highest BCUT2D eigenvalue weighted by Gasteiger charge is 2.59. The molecule has 6 atom stereocenters. The number of nitrogens with one attached hydrogen (secondary N) is 1. The van der Waals surface area contributed by atoms with Crippen molar-refractivity contribution >= 4 is 6.03 Å². The molecule has 2 aliphatic carbocycles. The Kier molecular flexibility index (Phi) is 2.73. The Morgan fingerprint density at radius 1 is 1.39 bits per heavy atom. The maximum absolute atomic E-state index is 12.8. The normalized spacial score (nSPS) is 43.7. The number of nitrogens with zero attached hydrogens (tertiary/aromatic N) is 3. The van der Waals surface area contributed by atoms with Crippen molar-refractivity contribution in [1.82, 2.24) is 19.8 Å². The molecule has 4 unspecified atom stereocenters. The summed E-state index contributed by atoms with van der Waals surface area (Å²) in [6.45, 7) is 6.52. The van der Waals surface area contributed by atoms with E-state index in [-0.39, 0.29) is 12.1 Å². The Morgan fingerprint density at radius 3 is 3.09 bits per heavy atom.